The molecule has 39 heavy (non-hydrogen) atoms. The van der Waals surface area contributed by atoms with E-state index in [4.69, 9.17) is 5.21 Å². The van der Waals surface area contributed by atoms with Crippen LogP contribution in [0.3, 0.4) is 0 Å². The number of fused-ring (bicyclic) bond motifs is 1. The van der Waals surface area contributed by atoms with Gasteiger partial charge in [-0.25, -0.2) is 5.48 Å². The van der Waals surface area contributed by atoms with E-state index in [-0.39, 0.29) is 0 Å². The van der Waals surface area contributed by atoms with Crippen molar-refractivity contribution in [2.75, 3.05) is 6.54 Å². The van der Waals surface area contributed by atoms with Crippen LogP contribution < -0.4 is 10.8 Å². The molecule has 1 amide bonds. The van der Waals surface area contributed by atoms with Gasteiger partial charge in [-0.1, -0.05) is 91.0 Å². The largest absolute Gasteiger partial charge is 0.361 e. The highest BCUT2D eigenvalue weighted by atomic mass is 16.5. The average Bonchev–Trinajstić information content (AvgIpc) is 3.40. The Morgan fingerprint density at radius 1 is 0.846 bits per heavy atom. The Morgan fingerprint density at radius 2 is 1.51 bits per heavy atom. The molecule has 1 aromatic heterocycles. The van der Waals surface area contributed by atoms with Crippen molar-refractivity contribution in [3.05, 3.63) is 149 Å². The maximum atomic E-state index is 11.1. The zero-order chi connectivity index (χ0) is 26.9. The van der Waals surface area contributed by atoms with Crippen molar-refractivity contribution in [2.24, 2.45) is 0 Å². The molecule has 0 aliphatic rings. The van der Waals surface area contributed by atoms with E-state index < -0.39 is 5.91 Å². The molecule has 0 bridgehead atoms. The van der Waals surface area contributed by atoms with Gasteiger partial charge in [-0.2, -0.15) is 0 Å². The normalized spacial score (nSPS) is 11.4. The van der Waals surface area contributed by atoms with Crippen LogP contribution in [0.4, 0.5) is 0 Å². The highest BCUT2D eigenvalue weighted by Crippen LogP contribution is 2.30. The Labute approximate surface area is 229 Å². The number of hydrogen-bond acceptors (Lipinski definition) is 3. The van der Waals surface area contributed by atoms with Crippen molar-refractivity contribution in [3.63, 3.8) is 0 Å². The number of amides is 1. The summed E-state index contributed by atoms with van der Waals surface area (Å²) in [5.74, 6) is -0.236. The van der Waals surface area contributed by atoms with E-state index in [0.717, 1.165) is 31.5 Å². The van der Waals surface area contributed by atoms with Crippen LogP contribution in [0, 0.1) is 0 Å². The first kappa shape index (κ1) is 26.2. The number of benzene rings is 4. The maximum Gasteiger partial charge on any atom is 0.267 e. The lowest BCUT2D eigenvalue weighted by atomic mass is 9.85. The fourth-order valence-corrected chi connectivity index (χ4v) is 5.01. The van der Waals surface area contributed by atoms with E-state index >= 15 is 0 Å². The Morgan fingerprint density at radius 3 is 2.18 bits per heavy atom. The van der Waals surface area contributed by atoms with Gasteiger partial charge in [0.1, 0.15) is 0 Å². The molecule has 196 valence electrons. The van der Waals surface area contributed by atoms with Crippen LogP contribution >= 0.6 is 0 Å². The van der Waals surface area contributed by atoms with Crippen molar-refractivity contribution in [2.45, 2.75) is 25.3 Å². The van der Waals surface area contributed by atoms with E-state index in [0.29, 0.717) is 5.92 Å². The van der Waals surface area contributed by atoms with Crippen LogP contribution in [0.5, 0.6) is 0 Å². The van der Waals surface area contributed by atoms with Gasteiger partial charge in [0.25, 0.3) is 5.91 Å². The van der Waals surface area contributed by atoms with E-state index in [1.165, 1.54) is 44.8 Å². The molecule has 0 saturated carbocycles. The average molecular weight is 516 g/mol. The van der Waals surface area contributed by atoms with E-state index in [9.17, 15) is 4.79 Å². The fourth-order valence-electron chi connectivity index (χ4n) is 5.01. The molecule has 0 saturated heterocycles. The number of aromatic amines is 1. The zero-order valence-corrected chi connectivity index (χ0v) is 21.8. The first-order chi connectivity index (χ1) is 19.2. The van der Waals surface area contributed by atoms with Gasteiger partial charge in [0.2, 0.25) is 0 Å². The Balaban J connectivity index is 1.22. The van der Waals surface area contributed by atoms with Crippen LogP contribution in [0.25, 0.3) is 17.0 Å². The molecule has 0 aliphatic heterocycles. The van der Waals surface area contributed by atoms with Crippen molar-refractivity contribution < 1.29 is 10.0 Å². The van der Waals surface area contributed by atoms with E-state index in [1.807, 2.05) is 24.3 Å². The van der Waals surface area contributed by atoms with Gasteiger partial charge in [0.15, 0.2) is 0 Å². The summed E-state index contributed by atoms with van der Waals surface area (Å²) in [6.07, 6.45) is 6.97. The van der Waals surface area contributed by atoms with Gasteiger partial charge in [0.05, 0.1) is 0 Å². The highest BCUT2D eigenvalue weighted by Gasteiger charge is 2.15. The number of nitrogens with one attached hydrogen (secondary N) is 3. The van der Waals surface area contributed by atoms with Gasteiger partial charge in [-0.15, -0.1) is 0 Å². The topological polar surface area (TPSA) is 77.2 Å². The van der Waals surface area contributed by atoms with Crippen molar-refractivity contribution in [1.82, 2.24) is 15.8 Å². The molecule has 0 unspecified atom stereocenters. The monoisotopic (exact) mass is 515 g/mol. The van der Waals surface area contributed by atoms with Crippen LogP contribution in [-0.4, -0.2) is 22.6 Å². The maximum absolute atomic E-state index is 11.1. The Bertz CT molecular complexity index is 1480. The second-order valence-corrected chi connectivity index (χ2v) is 9.75. The molecular weight excluding hydrogens is 482 g/mol. The molecule has 0 aliphatic carbocycles. The number of rotatable bonds is 11. The lowest BCUT2D eigenvalue weighted by Crippen LogP contribution is -2.16. The van der Waals surface area contributed by atoms with Gasteiger partial charge in [-0.3, -0.25) is 10.0 Å². The molecule has 0 spiro atoms. The Kier molecular flexibility index (Phi) is 8.64. The summed E-state index contributed by atoms with van der Waals surface area (Å²) < 4.78 is 0. The third-order valence-corrected chi connectivity index (χ3v) is 7.09. The number of hydroxylamine groups is 1. The summed E-state index contributed by atoms with van der Waals surface area (Å²) in [7, 11) is 0. The molecule has 5 nitrogen and oxygen atoms in total. The molecule has 4 N–H and O–H groups in total. The van der Waals surface area contributed by atoms with Gasteiger partial charge < -0.3 is 10.3 Å². The molecule has 1 heterocycles. The molecule has 5 heteroatoms. The quantitative estimate of drug-likeness (QED) is 0.0712. The summed E-state index contributed by atoms with van der Waals surface area (Å²) in [5.41, 5.74) is 10.2. The van der Waals surface area contributed by atoms with Crippen LogP contribution in [0.1, 0.15) is 39.3 Å². The summed E-state index contributed by atoms with van der Waals surface area (Å²) in [6.45, 7) is 1.64. The van der Waals surface area contributed by atoms with Gasteiger partial charge >= 0.3 is 0 Å². The number of aromatic nitrogens is 1. The third kappa shape index (κ3) is 6.90. The summed E-state index contributed by atoms with van der Waals surface area (Å²) in [5, 5.41) is 13.4. The molecule has 0 radical (unpaired) electrons. The zero-order valence-electron chi connectivity index (χ0n) is 21.8. The van der Waals surface area contributed by atoms with Crippen molar-refractivity contribution in [1.29, 1.82) is 0 Å². The molecule has 5 aromatic rings. The van der Waals surface area contributed by atoms with Gasteiger partial charge in [-0.05, 0) is 71.0 Å². The van der Waals surface area contributed by atoms with Crippen molar-refractivity contribution >= 4 is 22.9 Å². The summed E-state index contributed by atoms with van der Waals surface area (Å²) >= 11 is 0. The minimum Gasteiger partial charge on any atom is -0.361 e. The number of carbonyl (C=O) groups is 1. The minimum atomic E-state index is -0.544. The molecule has 5 rings (SSSR count). The highest BCUT2D eigenvalue weighted by molar-refractivity contribution is 5.90. The SMILES string of the molecule is O=C(/C=C/c1ccc(CNCCc2c[nH]c3ccc(CC(c4ccccc4)c4ccccc4)cc23)cc1)NO. The van der Waals surface area contributed by atoms with Crippen LogP contribution in [-0.2, 0) is 24.2 Å². The first-order valence-electron chi connectivity index (χ1n) is 13.3. The lowest BCUT2D eigenvalue weighted by Gasteiger charge is -2.18. The Hall–Kier alpha value is -4.45. The standard InChI is InChI=1S/C34H33N3O2/c38-34(37-39)18-16-25-11-13-26(14-12-25)23-35-20-19-30-24-36-33-17-15-27(22-32(30)33)21-31(28-7-3-1-4-8-28)29-9-5-2-6-10-29/h1-18,22,24,31,35-36,39H,19-21,23H2,(H,37,38)/b18-16+. The van der Waals surface area contributed by atoms with Crippen LogP contribution in [0.2, 0.25) is 0 Å². The third-order valence-electron chi connectivity index (χ3n) is 7.09. The van der Waals surface area contributed by atoms with E-state index in [2.05, 4.69) is 95.4 Å². The lowest BCUT2D eigenvalue weighted by molar-refractivity contribution is -0.124. The van der Waals surface area contributed by atoms with Crippen LogP contribution in [0.15, 0.2) is 115 Å². The molecule has 0 atom stereocenters. The second-order valence-electron chi connectivity index (χ2n) is 9.75. The number of H-pyrrole nitrogens is 1. The molecular formula is C34H33N3O2. The summed E-state index contributed by atoms with van der Waals surface area (Å²) in [6, 6.07) is 36.3. The number of hydrogen-bond donors (Lipinski definition) is 4. The molecule has 0 fully saturated rings. The predicted octanol–water partition coefficient (Wildman–Crippen LogP) is 6.39. The summed E-state index contributed by atoms with van der Waals surface area (Å²) in [4.78, 5) is 14.6. The molecule has 4 aromatic carbocycles. The fraction of sp³-hybridized carbons (Fsp3) is 0.147. The van der Waals surface area contributed by atoms with Crippen molar-refractivity contribution in [3.8, 4) is 0 Å². The predicted molar refractivity (Wildman–Crippen MR) is 158 cm³/mol. The first-order valence-corrected chi connectivity index (χ1v) is 13.3. The van der Waals surface area contributed by atoms with Gasteiger partial charge in [0, 0.05) is 35.6 Å². The second kappa shape index (κ2) is 12.9. The smallest absolute Gasteiger partial charge is 0.267 e. The van der Waals surface area contributed by atoms with E-state index in [1.54, 1.807) is 11.6 Å². The minimum absolute atomic E-state index is 0.308. The number of carbonyl (C=O) groups excluding carboxylic acids is 1.